The van der Waals surface area contributed by atoms with Gasteiger partial charge in [0.2, 0.25) is 0 Å². The van der Waals surface area contributed by atoms with E-state index in [0.29, 0.717) is 5.82 Å². The molecule has 0 unspecified atom stereocenters. The lowest BCUT2D eigenvalue weighted by molar-refractivity contribution is 0.577. The van der Waals surface area contributed by atoms with Gasteiger partial charge in [-0.05, 0) is 36.8 Å². The highest BCUT2D eigenvalue weighted by Crippen LogP contribution is 2.25. The van der Waals surface area contributed by atoms with Gasteiger partial charge >= 0.3 is 0 Å². The summed E-state index contributed by atoms with van der Waals surface area (Å²) in [7, 11) is 0. The zero-order valence-electron chi connectivity index (χ0n) is 10.7. The summed E-state index contributed by atoms with van der Waals surface area (Å²) in [5.41, 5.74) is 2.79. The van der Waals surface area contributed by atoms with Crippen LogP contribution in [-0.4, -0.2) is 9.55 Å². The highest BCUT2D eigenvalue weighted by Gasteiger charge is 2.15. The van der Waals surface area contributed by atoms with Crippen molar-refractivity contribution in [2.24, 2.45) is 0 Å². The van der Waals surface area contributed by atoms with E-state index in [0.717, 1.165) is 22.7 Å². The first-order chi connectivity index (χ1) is 9.60. The van der Waals surface area contributed by atoms with Gasteiger partial charge in [0.25, 0.3) is 0 Å². The Kier molecular flexibility index (Phi) is 3.18. The standard InChI is InChI=1S/C15H11ClF2N2/c1-9-2-4-14-12(6-9)19-15(8-16)20(14)13-5-3-10(17)7-11(13)18/h2-7H,8H2,1H3. The normalized spacial score (nSPS) is 11.2. The maximum atomic E-state index is 14.0. The highest BCUT2D eigenvalue weighted by atomic mass is 35.5. The molecule has 2 aromatic carbocycles. The van der Waals surface area contributed by atoms with Crippen LogP contribution in [0.5, 0.6) is 0 Å². The molecule has 1 aromatic heterocycles. The zero-order valence-corrected chi connectivity index (χ0v) is 11.5. The Labute approximate surface area is 119 Å². The summed E-state index contributed by atoms with van der Waals surface area (Å²) < 4.78 is 28.7. The van der Waals surface area contributed by atoms with Gasteiger partial charge in [-0.3, -0.25) is 4.57 Å². The van der Waals surface area contributed by atoms with Gasteiger partial charge in [0.1, 0.15) is 17.5 Å². The minimum absolute atomic E-state index is 0.143. The van der Waals surface area contributed by atoms with Gasteiger partial charge in [0.05, 0.1) is 22.6 Å². The van der Waals surface area contributed by atoms with E-state index in [1.165, 1.54) is 12.1 Å². The molecular formula is C15H11ClF2N2. The van der Waals surface area contributed by atoms with E-state index in [1.54, 1.807) is 4.57 Å². The van der Waals surface area contributed by atoms with E-state index in [2.05, 4.69) is 4.98 Å². The number of aryl methyl sites for hydroxylation is 1. The van der Waals surface area contributed by atoms with Crippen LogP contribution in [0.4, 0.5) is 8.78 Å². The van der Waals surface area contributed by atoms with Crippen LogP contribution in [-0.2, 0) is 5.88 Å². The third-order valence-corrected chi connectivity index (χ3v) is 3.39. The molecule has 0 saturated heterocycles. The monoisotopic (exact) mass is 292 g/mol. The van der Waals surface area contributed by atoms with Gasteiger partial charge in [-0.25, -0.2) is 13.8 Å². The summed E-state index contributed by atoms with van der Waals surface area (Å²) in [6.07, 6.45) is 0. The minimum Gasteiger partial charge on any atom is -0.292 e. The number of halogens is 3. The zero-order chi connectivity index (χ0) is 14.3. The van der Waals surface area contributed by atoms with Gasteiger partial charge in [-0.2, -0.15) is 0 Å². The van der Waals surface area contributed by atoms with Crippen LogP contribution in [0.25, 0.3) is 16.7 Å². The van der Waals surface area contributed by atoms with Crippen LogP contribution in [0, 0.1) is 18.6 Å². The molecule has 0 saturated carbocycles. The third-order valence-electron chi connectivity index (χ3n) is 3.15. The Balaban J connectivity index is 2.34. The van der Waals surface area contributed by atoms with E-state index in [9.17, 15) is 8.78 Å². The molecule has 0 aliphatic rings. The first-order valence-electron chi connectivity index (χ1n) is 6.09. The summed E-state index contributed by atoms with van der Waals surface area (Å²) in [4.78, 5) is 4.40. The number of rotatable bonds is 2. The number of alkyl halides is 1. The summed E-state index contributed by atoms with van der Waals surface area (Å²) in [6.45, 7) is 1.96. The Morgan fingerprint density at radius 2 is 1.95 bits per heavy atom. The van der Waals surface area contributed by atoms with Crippen LogP contribution in [0.1, 0.15) is 11.4 Å². The minimum atomic E-state index is -0.642. The summed E-state index contributed by atoms with van der Waals surface area (Å²) in [5, 5.41) is 0. The average Bonchev–Trinajstić information content (AvgIpc) is 2.76. The lowest BCUT2D eigenvalue weighted by Gasteiger charge is -2.09. The van der Waals surface area contributed by atoms with Crippen molar-refractivity contribution in [1.29, 1.82) is 0 Å². The van der Waals surface area contributed by atoms with Crippen LogP contribution in [0.2, 0.25) is 0 Å². The van der Waals surface area contributed by atoms with E-state index >= 15 is 0 Å². The summed E-state index contributed by atoms with van der Waals surface area (Å²) >= 11 is 5.90. The second kappa shape index (κ2) is 4.87. The first kappa shape index (κ1) is 13.1. The Bertz CT molecular complexity index is 796. The average molecular weight is 293 g/mol. The quantitative estimate of drug-likeness (QED) is 0.642. The lowest BCUT2D eigenvalue weighted by atomic mass is 10.2. The maximum absolute atomic E-state index is 14.0. The number of aromatic nitrogens is 2. The molecular weight excluding hydrogens is 282 g/mol. The molecule has 3 aromatic rings. The second-order valence-electron chi connectivity index (χ2n) is 4.58. The number of imidazole rings is 1. The second-order valence-corrected chi connectivity index (χ2v) is 4.85. The van der Waals surface area contributed by atoms with Crippen molar-refractivity contribution in [3.8, 4) is 5.69 Å². The number of nitrogens with zero attached hydrogens (tertiary/aromatic N) is 2. The number of hydrogen-bond acceptors (Lipinski definition) is 1. The summed E-state index contributed by atoms with van der Waals surface area (Å²) in [6, 6.07) is 9.14. The van der Waals surface area contributed by atoms with Gasteiger partial charge < -0.3 is 0 Å². The molecule has 0 amide bonds. The lowest BCUT2D eigenvalue weighted by Crippen LogP contribution is -2.02. The fraction of sp³-hybridized carbons (Fsp3) is 0.133. The topological polar surface area (TPSA) is 17.8 Å². The molecule has 0 N–H and O–H groups in total. The first-order valence-corrected chi connectivity index (χ1v) is 6.63. The van der Waals surface area contributed by atoms with Crippen molar-refractivity contribution in [1.82, 2.24) is 9.55 Å². The molecule has 0 fully saturated rings. The van der Waals surface area contributed by atoms with E-state index in [1.807, 2.05) is 25.1 Å². The van der Waals surface area contributed by atoms with Gasteiger partial charge in [-0.15, -0.1) is 11.6 Å². The van der Waals surface area contributed by atoms with Crippen LogP contribution in [0.3, 0.4) is 0 Å². The predicted molar refractivity (Wildman–Crippen MR) is 75.3 cm³/mol. The van der Waals surface area contributed by atoms with Gasteiger partial charge in [0.15, 0.2) is 0 Å². The van der Waals surface area contributed by atoms with Crippen LogP contribution < -0.4 is 0 Å². The molecule has 0 aliphatic carbocycles. The van der Waals surface area contributed by atoms with E-state index < -0.39 is 11.6 Å². The molecule has 0 aliphatic heterocycles. The number of fused-ring (bicyclic) bond motifs is 1. The smallest absolute Gasteiger partial charge is 0.150 e. The molecule has 5 heteroatoms. The molecule has 20 heavy (non-hydrogen) atoms. The SMILES string of the molecule is Cc1ccc2c(c1)nc(CCl)n2-c1ccc(F)cc1F. The third kappa shape index (κ3) is 2.06. The van der Waals surface area contributed by atoms with Crippen molar-refractivity contribution >= 4 is 22.6 Å². The number of hydrogen-bond donors (Lipinski definition) is 0. The fourth-order valence-corrected chi connectivity index (χ4v) is 2.44. The van der Waals surface area contributed by atoms with Crippen molar-refractivity contribution in [2.75, 3.05) is 0 Å². The maximum Gasteiger partial charge on any atom is 0.150 e. The predicted octanol–water partition coefficient (Wildman–Crippen LogP) is 4.35. The van der Waals surface area contributed by atoms with Crippen LogP contribution >= 0.6 is 11.6 Å². The van der Waals surface area contributed by atoms with E-state index in [4.69, 9.17) is 11.6 Å². The van der Waals surface area contributed by atoms with Crippen molar-refractivity contribution < 1.29 is 8.78 Å². The molecule has 3 rings (SSSR count). The molecule has 102 valence electrons. The molecule has 0 atom stereocenters. The molecule has 1 heterocycles. The Hall–Kier alpha value is -1.94. The molecule has 0 spiro atoms. The van der Waals surface area contributed by atoms with Crippen molar-refractivity contribution in [2.45, 2.75) is 12.8 Å². The van der Waals surface area contributed by atoms with Gasteiger partial charge in [0, 0.05) is 6.07 Å². The fourth-order valence-electron chi connectivity index (χ4n) is 2.26. The van der Waals surface area contributed by atoms with Crippen molar-refractivity contribution in [3.05, 3.63) is 59.4 Å². The van der Waals surface area contributed by atoms with Crippen LogP contribution in [0.15, 0.2) is 36.4 Å². The molecule has 2 nitrogen and oxygen atoms in total. The Morgan fingerprint density at radius 3 is 2.65 bits per heavy atom. The van der Waals surface area contributed by atoms with Gasteiger partial charge in [-0.1, -0.05) is 6.07 Å². The number of benzene rings is 2. The highest BCUT2D eigenvalue weighted by molar-refractivity contribution is 6.17. The molecule has 0 bridgehead atoms. The molecule has 0 radical (unpaired) electrons. The summed E-state index contributed by atoms with van der Waals surface area (Å²) in [5.74, 6) is -0.585. The largest absolute Gasteiger partial charge is 0.292 e. The van der Waals surface area contributed by atoms with Crippen molar-refractivity contribution in [3.63, 3.8) is 0 Å². The van der Waals surface area contributed by atoms with E-state index in [-0.39, 0.29) is 11.6 Å². The Morgan fingerprint density at radius 1 is 1.15 bits per heavy atom.